The van der Waals surface area contributed by atoms with Gasteiger partial charge in [-0.2, -0.15) is 0 Å². The number of aromatic nitrogens is 2. The summed E-state index contributed by atoms with van der Waals surface area (Å²) >= 11 is 0. The molecule has 0 bridgehead atoms. The molecule has 1 heterocycles. The van der Waals surface area contributed by atoms with Crippen molar-refractivity contribution in [3.05, 3.63) is 17.6 Å². The summed E-state index contributed by atoms with van der Waals surface area (Å²) in [5, 5.41) is 3.47. The highest BCUT2D eigenvalue weighted by Crippen LogP contribution is 2.41. The van der Waals surface area contributed by atoms with Crippen molar-refractivity contribution in [2.75, 3.05) is 5.32 Å². The standard InChI is InChI=1S/C11H17N3/c1-4-11(5-6-11)14-10-7-12-8(2)9(3)13-10/h7H,4-6H2,1-3H3,(H,13,14). The van der Waals surface area contributed by atoms with Gasteiger partial charge >= 0.3 is 0 Å². The molecule has 1 saturated carbocycles. The number of anilines is 1. The Bertz CT molecular complexity index is 342. The van der Waals surface area contributed by atoms with Gasteiger partial charge in [0.1, 0.15) is 5.82 Å². The topological polar surface area (TPSA) is 37.8 Å². The zero-order valence-electron chi connectivity index (χ0n) is 9.09. The molecule has 1 N–H and O–H groups in total. The molecule has 0 radical (unpaired) electrons. The summed E-state index contributed by atoms with van der Waals surface area (Å²) in [4.78, 5) is 8.77. The molecule has 1 aliphatic rings. The molecule has 0 saturated heterocycles. The van der Waals surface area contributed by atoms with Gasteiger partial charge < -0.3 is 5.32 Å². The molecule has 14 heavy (non-hydrogen) atoms. The van der Waals surface area contributed by atoms with Crippen LogP contribution in [0.4, 0.5) is 5.82 Å². The summed E-state index contributed by atoms with van der Waals surface area (Å²) in [6.45, 7) is 6.20. The van der Waals surface area contributed by atoms with Crippen molar-refractivity contribution in [2.24, 2.45) is 0 Å². The lowest BCUT2D eigenvalue weighted by molar-refractivity contribution is 0.695. The van der Waals surface area contributed by atoms with Gasteiger partial charge in [0.2, 0.25) is 0 Å². The molecule has 3 nitrogen and oxygen atoms in total. The monoisotopic (exact) mass is 191 g/mol. The van der Waals surface area contributed by atoms with Crippen molar-refractivity contribution < 1.29 is 0 Å². The van der Waals surface area contributed by atoms with Crippen LogP contribution in [0.2, 0.25) is 0 Å². The molecule has 1 aromatic rings. The highest BCUT2D eigenvalue weighted by Gasteiger charge is 2.40. The van der Waals surface area contributed by atoms with Gasteiger partial charge in [0, 0.05) is 5.54 Å². The number of rotatable bonds is 3. The SMILES string of the molecule is CCC1(Nc2cnc(C)c(C)n2)CC1. The van der Waals surface area contributed by atoms with Gasteiger partial charge in [-0.05, 0) is 33.1 Å². The van der Waals surface area contributed by atoms with Crippen LogP contribution in [-0.2, 0) is 0 Å². The third-order valence-electron chi connectivity index (χ3n) is 3.12. The lowest BCUT2D eigenvalue weighted by Crippen LogP contribution is -2.20. The number of hydrogen-bond donors (Lipinski definition) is 1. The van der Waals surface area contributed by atoms with Crippen LogP contribution in [0.3, 0.4) is 0 Å². The van der Waals surface area contributed by atoms with E-state index in [1.54, 1.807) is 0 Å². The summed E-state index contributed by atoms with van der Waals surface area (Å²) < 4.78 is 0. The number of aryl methyl sites for hydroxylation is 2. The van der Waals surface area contributed by atoms with E-state index in [4.69, 9.17) is 0 Å². The van der Waals surface area contributed by atoms with E-state index in [9.17, 15) is 0 Å². The van der Waals surface area contributed by atoms with Crippen molar-refractivity contribution in [1.82, 2.24) is 9.97 Å². The van der Waals surface area contributed by atoms with Crippen molar-refractivity contribution in [3.8, 4) is 0 Å². The first-order valence-electron chi connectivity index (χ1n) is 5.24. The van der Waals surface area contributed by atoms with Crippen LogP contribution in [0.25, 0.3) is 0 Å². The van der Waals surface area contributed by atoms with E-state index in [1.165, 1.54) is 19.3 Å². The molecule has 0 unspecified atom stereocenters. The molecule has 0 amide bonds. The van der Waals surface area contributed by atoms with Crippen LogP contribution in [0.15, 0.2) is 6.20 Å². The van der Waals surface area contributed by atoms with Gasteiger partial charge in [0.15, 0.2) is 0 Å². The molecule has 1 aromatic heterocycles. The van der Waals surface area contributed by atoms with Gasteiger partial charge in [-0.1, -0.05) is 6.92 Å². The zero-order chi connectivity index (χ0) is 10.2. The average Bonchev–Trinajstić information content (AvgIpc) is 2.93. The van der Waals surface area contributed by atoms with E-state index in [0.717, 1.165) is 17.2 Å². The van der Waals surface area contributed by atoms with E-state index < -0.39 is 0 Å². The molecule has 1 aliphatic carbocycles. The predicted molar refractivity (Wildman–Crippen MR) is 57.4 cm³/mol. The van der Waals surface area contributed by atoms with Crippen molar-refractivity contribution in [1.29, 1.82) is 0 Å². The summed E-state index contributed by atoms with van der Waals surface area (Å²) in [5.41, 5.74) is 2.36. The fourth-order valence-electron chi connectivity index (χ4n) is 1.59. The molecular weight excluding hydrogens is 174 g/mol. The van der Waals surface area contributed by atoms with Gasteiger partial charge in [0.25, 0.3) is 0 Å². The normalized spacial score (nSPS) is 17.9. The Labute approximate surface area is 85.0 Å². The van der Waals surface area contributed by atoms with Gasteiger partial charge in [0.05, 0.1) is 17.6 Å². The molecule has 3 heteroatoms. The third-order valence-corrected chi connectivity index (χ3v) is 3.12. The molecule has 0 aliphatic heterocycles. The number of nitrogens with zero attached hydrogens (tertiary/aromatic N) is 2. The minimum atomic E-state index is 0.330. The van der Waals surface area contributed by atoms with Crippen LogP contribution in [0.1, 0.15) is 37.6 Å². The molecule has 0 atom stereocenters. The Morgan fingerprint density at radius 2 is 2.07 bits per heavy atom. The first kappa shape index (κ1) is 9.44. The molecular formula is C11H17N3. The average molecular weight is 191 g/mol. The first-order chi connectivity index (χ1) is 6.65. The van der Waals surface area contributed by atoms with Crippen molar-refractivity contribution in [2.45, 2.75) is 45.6 Å². The molecule has 2 rings (SSSR count). The van der Waals surface area contributed by atoms with Gasteiger partial charge in [-0.3, -0.25) is 4.98 Å². The fourth-order valence-corrected chi connectivity index (χ4v) is 1.59. The van der Waals surface area contributed by atoms with Crippen LogP contribution < -0.4 is 5.32 Å². The van der Waals surface area contributed by atoms with Crippen LogP contribution in [0.5, 0.6) is 0 Å². The zero-order valence-corrected chi connectivity index (χ0v) is 9.09. The lowest BCUT2D eigenvalue weighted by atomic mass is 10.2. The Morgan fingerprint density at radius 1 is 1.36 bits per heavy atom. The predicted octanol–water partition coefficient (Wildman–Crippen LogP) is 2.45. The second-order valence-electron chi connectivity index (χ2n) is 4.18. The molecule has 76 valence electrons. The number of nitrogens with one attached hydrogen (secondary N) is 1. The van der Waals surface area contributed by atoms with E-state index in [1.807, 2.05) is 20.0 Å². The molecule has 0 aromatic carbocycles. The van der Waals surface area contributed by atoms with Crippen molar-refractivity contribution in [3.63, 3.8) is 0 Å². The highest BCUT2D eigenvalue weighted by molar-refractivity contribution is 5.39. The minimum Gasteiger partial charge on any atom is -0.363 e. The maximum Gasteiger partial charge on any atom is 0.145 e. The van der Waals surface area contributed by atoms with E-state index in [0.29, 0.717) is 5.54 Å². The summed E-state index contributed by atoms with van der Waals surface area (Å²) in [5.74, 6) is 0.924. The van der Waals surface area contributed by atoms with Gasteiger partial charge in [-0.15, -0.1) is 0 Å². The lowest BCUT2D eigenvalue weighted by Gasteiger charge is -2.15. The summed E-state index contributed by atoms with van der Waals surface area (Å²) in [6, 6.07) is 0. The highest BCUT2D eigenvalue weighted by atomic mass is 15.1. The third kappa shape index (κ3) is 1.72. The van der Waals surface area contributed by atoms with E-state index >= 15 is 0 Å². The van der Waals surface area contributed by atoms with Gasteiger partial charge in [-0.25, -0.2) is 4.98 Å². The smallest absolute Gasteiger partial charge is 0.145 e. The Balaban J connectivity index is 2.14. The van der Waals surface area contributed by atoms with Crippen LogP contribution >= 0.6 is 0 Å². The van der Waals surface area contributed by atoms with E-state index in [2.05, 4.69) is 22.2 Å². The Morgan fingerprint density at radius 3 is 2.57 bits per heavy atom. The second-order valence-corrected chi connectivity index (χ2v) is 4.18. The Hall–Kier alpha value is -1.12. The largest absolute Gasteiger partial charge is 0.363 e. The maximum absolute atomic E-state index is 4.47. The quantitative estimate of drug-likeness (QED) is 0.797. The maximum atomic E-state index is 4.47. The first-order valence-corrected chi connectivity index (χ1v) is 5.24. The van der Waals surface area contributed by atoms with Crippen molar-refractivity contribution >= 4 is 5.82 Å². The summed E-state index contributed by atoms with van der Waals surface area (Å²) in [7, 11) is 0. The fraction of sp³-hybridized carbons (Fsp3) is 0.636. The molecule has 1 fully saturated rings. The molecule has 0 spiro atoms. The van der Waals surface area contributed by atoms with Crippen LogP contribution in [-0.4, -0.2) is 15.5 Å². The van der Waals surface area contributed by atoms with Crippen LogP contribution in [0, 0.1) is 13.8 Å². The number of hydrogen-bond acceptors (Lipinski definition) is 3. The minimum absolute atomic E-state index is 0.330. The summed E-state index contributed by atoms with van der Waals surface area (Å²) in [6.07, 6.45) is 5.52. The Kier molecular flexibility index (Phi) is 2.17. The second kappa shape index (κ2) is 3.23. The van der Waals surface area contributed by atoms with E-state index in [-0.39, 0.29) is 0 Å².